The Hall–Kier alpha value is -3.30. The van der Waals surface area contributed by atoms with E-state index in [1.54, 1.807) is 37.4 Å². The third-order valence-corrected chi connectivity index (χ3v) is 4.46. The predicted molar refractivity (Wildman–Crippen MR) is 109 cm³/mol. The standard InChI is InChI=1S/C21H24N2O7/c1-23-18-7-6-17(10-19(18)30-21(23)27)28-12-15(24)11-22-9-8-14-2-4-16(5-3-14)29-13-20(25)26/h2-7,10,15,22,24H,8-9,11-13H2,1H3,(H,25,26). The number of carbonyl (C=O) groups is 1. The van der Waals surface area contributed by atoms with E-state index in [0.29, 0.717) is 35.7 Å². The van der Waals surface area contributed by atoms with Gasteiger partial charge in [0.1, 0.15) is 24.2 Å². The number of aromatic nitrogens is 1. The predicted octanol–water partition coefficient (Wildman–Crippen LogP) is 1.17. The molecule has 1 unspecified atom stereocenters. The van der Waals surface area contributed by atoms with E-state index in [1.807, 2.05) is 12.1 Å². The van der Waals surface area contributed by atoms with Gasteiger partial charge in [-0.25, -0.2) is 9.59 Å². The zero-order chi connectivity index (χ0) is 21.5. The van der Waals surface area contributed by atoms with E-state index in [4.69, 9.17) is 19.0 Å². The third-order valence-electron chi connectivity index (χ3n) is 4.46. The average molecular weight is 416 g/mol. The van der Waals surface area contributed by atoms with Crippen LogP contribution in [0.15, 0.2) is 51.7 Å². The summed E-state index contributed by atoms with van der Waals surface area (Å²) in [6, 6.07) is 12.3. The van der Waals surface area contributed by atoms with Crippen LogP contribution in [-0.2, 0) is 18.3 Å². The van der Waals surface area contributed by atoms with Crippen molar-refractivity contribution in [1.29, 1.82) is 0 Å². The fourth-order valence-corrected chi connectivity index (χ4v) is 2.85. The molecule has 0 aliphatic rings. The molecule has 0 saturated carbocycles. The fraction of sp³-hybridized carbons (Fsp3) is 0.333. The number of aliphatic hydroxyl groups excluding tert-OH is 1. The number of oxazole rings is 1. The van der Waals surface area contributed by atoms with Crippen LogP contribution in [-0.4, -0.2) is 53.2 Å². The van der Waals surface area contributed by atoms with E-state index in [0.717, 1.165) is 12.0 Å². The van der Waals surface area contributed by atoms with Crippen LogP contribution in [0.25, 0.3) is 11.1 Å². The Bertz CT molecular complexity index is 1040. The van der Waals surface area contributed by atoms with Crippen LogP contribution in [0.2, 0.25) is 0 Å². The van der Waals surface area contributed by atoms with Crippen LogP contribution in [0.5, 0.6) is 11.5 Å². The highest BCUT2D eigenvalue weighted by Crippen LogP contribution is 2.19. The summed E-state index contributed by atoms with van der Waals surface area (Å²) in [5, 5.41) is 21.8. The van der Waals surface area contributed by atoms with Gasteiger partial charge in [0.05, 0.1) is 5.52 Å². The maximum atomic E-state index is 11.5. The summed E-state index contributed by atoms with van der Waals surface area (Å²) >= 11 is 0. The molecular weight excluding hydrogens is 392 g/mol. The van der Waals surface area contributed by atoms with Crippen molar-refractivity contribution in [2.45, 2.75) is 12.5 Å². The Morgan fingerprint density at radius 1 is 1.17 bits per heavy atom. The summed E-state index contributed by atoms with van der Waals surface area (Å²) in [6.45, 7) is 0.760. The number of ether oxygens (including phenoxy) is 2. The molecule has 160 valence electrons. The lowest BCUT2D eigenvalue weighted by atomic mass is 10.1. The number of hydrogen-bond donors (Lipinski definition) is 3. The topological polar surface area (TPSA) is 123 Å². The maximum absolute atomic E-state index is 11.5. The van der Waals surface area contributed by atoms with Gasteiger partial charge in [-0.3, -0.25) is 4.57 Å². The highest BCUT2D eigenvalue weighted by Gasteiger charge is 2.09. The molecule has 1 atom stereocenters. The molecule has 9 nitrogen and oxygen atoms in total. The van der Waals surface area contributed by atoms with Gasteiger partial charge in [-0.2, -0.15) is 0 Å². The Labute approximate surface area is 172 Å². The first-order chi connectivity index (χ1) is 14.4. The van der Waals surface area contributed by atoms with Crippen molar-refractivity contribution >= 4 is 17.1 Å². The number of rotatable bonds is 11. The number of benzene rings is 2. The van der Waals surface area contributed by atoms with Crippen molar-refractivity contribution in [3.05, 3.63) is 58.6 Å². The molecule has 3 rings (SSSR count). The maximum Gasteiger partial charge on any atom is 0.419 e. The van der Waals surface area contributed by atoms with Crippen molar-refractivity contribution in [2.75, 3.05) is 26.3 Å². The average Bonchev–Trinajstić information content (AvgIpc) is 3.02. The van der Waals surface area contributed by atoms with Gasteiger partial charge >= 0.3 is 11.7 Å². The Morgan fingerprint density at radius 3 is 2.63 bits per heavy atom. The lowest BCUT2D eigenvalue weighted by molar-refractivity contribution is -0.139. The number of aryl methyl sites for hydroxylation is 1. The molecule has 0 aliphatic carbocycles. The molecule has 30 heavy (non-hydrogen) atoms. The van der Waals surface area contributed by atoms with Gasteiger partial charge < -0.3 is 29.4 Å². The monoisotopic (exact) mass is 416 g/mol. The van der Waals surface area contributed by atoms with Gasteiger partial charge in [0.2, 0.25) is 0 Å². The minimum Gasteiger partial charge on any atom is -0.491 e. The first-order valence-corrected chi connectivity index (χ1v) is 9.47. The molecule has 0 aliphatic heterocycles. The number of aliphatic hydroxyl groups is 1. The molecular formula is C21H24N2O7. The Morgan fingerprint density at radius 2 is 1.90 bits per heavy atom. The van der Waals surface area contributed by atoms with Crippen LogP contribution in [0.1, 0.15) is 5.56 Å². The summed E-state index contributed by atoms with van der Waals surface area (Å²) in [6.07, 6.45) is 0.0477. The van der Waals surface area contributed by atoms with Crippen molar-refractivity contribution in [3.63, 3.8) is 0 Å². The third kappa shape index (κ3) is 5.85. The Balaban J connectivity index is 1.36. The summed E-state index contributed by atoms with van der Waals surface area (Å²) in [4.78, 5) is 22.0. The molecule has 0 saturated heterocycles. The summed E-state index contributed by atoms with van der Waals surface area (Å²) in [7, 11) is 1.63. The van der Waals surface area contributed by atoms with Crippen LogP contribution in [0.4, 0.5) is 0 Å². The molecule has 0 bridgehead atoms. The van der Waals surface area contributed by atoms with Gasteiger partial charge in [-0.15, -0.1) is 0 Å². The highest BCUT2D eigenvalue weighted by atomic mass is 16.5. The molecule has 1 aromatic heterocycles. The van der Waals surface area contributed by atoms with E-state index >= 15 is 0 Å². The van der Waals surface area contributed by atoms with Crippen molar-refractivity contribution in [3.8, 4) is 11.5 Å². The summed E-state index contributed by atoms with van der Waals surface area (Å²) in [5.41, 5.74) is 2.18. The SMILES string of the molecule is Cn1c(=O)oc2cc(OCC(O)CNCCc3ccc(OCC(=O)O)cc3)ccc21. The number of carboxylic acids is 1. The number of carboxylic acid groups (broad SMARTS) is 1. The normalized spacial score (nSPS) is 12.1. The van der Waals surface area contributed by atoms with E-state index in [9.17, 15) is 14.7 Å². The number of fused-ring (bicyclic) bond motifs is 1. The number of hydrogen-bond acceptors (Lipinski definition) is 7. The van der Waals surface area contributed by atoms with E-state index in [1.165, 1.54) is 4.57 Å². The second-order valence-corrected chi connectivity index (χ2v) is 6.80. The molecule has 0 amide bonds. The summed E-state index contributed by atoms with van der Waals surface area (Å²) in [5.74, 6) is -0.428. The van der Waals surface area contributed by atoms with Crippen molar-refractivity contribution < 1.29 is 28.9 Å². The lowest BCUT2D eigenvalue weighted by Gasteiger charge is -2.13. The smallest absolute Gasteiger partial charge is 0.419 e. The minimum absolute atomic E-state index is 0.102. The number of aliphatic carboxylic acids is 1. The van der Waals surface area contributed by atoms with Gasteiger partial charge in [0, 0.05) is 19.7 Å². The van der Waals surface area contributed by atoms with E-state index in [2.05, 4.69) is 5.32 Å². The van der Waals surface area contributed by atoms with Crippen LogP contribution < -0.4 is 20.5 Å². The molecule has 3 aromatic rings. The zero-order valence-electron chi connectivity index (χ0n) is 16.5. The fourth-order valence-electron chi connectivity index (χ4n) is 2.85. The summed E-state index contributed by atoms with van der Waals surface area (Å²) < 4.78 is 17.2. The van der Waals surface area contributed by atoms with Gasteiger partial charge in [-0.05, 0) is 42.8 Å². The first kappa shape index (κ1) is 21.4. The Kier molecular flexibility index (Phi) is 7.10. The zero-order valence-corrected chi connectivity index (χ0v) is 16.5. The van der Waals surface area contributed by atoms with Crippen LogP contribution in [0, 0.1) is 0 Å². The molecule has 0 fully saturated rings. The van der Waals surface area contributed by atoms with Crippen LogP contribution in [0.3, 0.4) is 0 Å². The first-order valence-electron chi connectivity index (χ1n) is 9.47. The van der Waals surface area contributed by atoms with Gasteiger partial charge in [-0.1, -0.05) is 12.1 Å². The second kappa shape index (κ2) is 9.95. The van der Waals surface area contributed by atoms with Gasteiger partial charge in [0.25, 0.3) is 0 Å². The molecule has 2 aromatic carbocycles. The molecule has 0 radical (unpaired) electrons. The van der Waals surface area contributed by atoms with Crippen molar-refractivity contribution in [1.82, 2.24) is 9.88 Å². The molecule has 3 N–H and O–H groups in total. The molecule has 1 heterocycles. The van der Waals surface area contributed by atoms with E-state index < -0.39 is 17.8 Å². The van der Waals surface area contributed by atoms with Crippen LogP contribution >= 0.6 is 0 Å². The van der Waals surface area contributed by atoms with Crippen molar-refractivity contribution in [2.24, 2.45) is 7.05 Å². The van der Waals surface area contributed by atoms with Gasteiger partial charge in [0.15, 0.2) is 12.2 Å². The number of nitrogens with zero attached hydrogens (tertiary/aromatic N) is 1. The number of nitrogens with one attached hydrogen (secondary N) is 1. The minimum atomic E-state index is -1.02. The largest absolute Gasteiger partial charge is 0.491 e. The quantitative estimate of drug-likeness (QED) is 0.398. The molecule has 9 heteroatoms. The highest BCUT2D eigenvalue weighted by molar-refractivity contribution is 5.74. The lowest BCUT2D eigenvalue weighted by Crippen LogP contribution is -2.32. The second-order valence-electron chi connectivity index (χ2n) is 6.80. The molecule has 0 spiro atoms. The van der Waals surface area contributed by atoms with E-state index in [-0.39, 0.29) is 13.2 Å².